The highest BCUT2D eigenvalue weighted by atomic mass is 16.7. The minimum atomic E-state index is -0.252. The van der Waals surface area contributed by atoms with Gasteiger partial charge in [0.1, 0.15) is 11.4 Å². The number of fused-ring (bicyclic) bond motifs is 1. The predicted molar refractivity (Wildman–Crippen MR) is 97.5 cm³/mol. The number of hydrogen-bond acceptors (Lipinski definition) is 6. The van der Waals surface area contributed by atoms with E-state index in [0.717, 1.165) is 17.0 Å². The third kappa shape index (κ3) is 2.95. The van der Waals surface area contributed by atoms with Crippen molar-refractivity contribution >= 4 is 23.6 Å². The zero-order chi connectivity index (χ0) is 18.1. The standard InChI is InChI=1S/C19H17N3O4/c1-22(13-4-6-14(24-2)7-5-13)19-20-15(18(23)21-19)9-12-3-8-16-17(10-12)26-11-25-16/h3-10H,11H2,1-2H3,(H,20,21,23)/b15-9-. The van der Waals surface area contributed by atoms with Gasteiger partial charge in [0.2, 0.25) is 12.8 Å². The molecule has 0 spiro atoms. The summed E-state index contributed by atoms with van der Waals surface area (Å²) in [6, 6.07) is 13.0. The Morgan fingerprint density at radius 2 is 1.92 bits per heavy atom. The van der Waals surface area contributed by atoms with Crippen molar-refractivity contribution in [3.05, 3.63) is 53.7 Å². The number of anilines is 1. The fourth-order valence-corrected chi connectivity index (χ4v) is 2.70. The highest BCUT2D eigenvalue weighted by Crippen LogP contribution is 2.33. The maximum absolute atomic E-state index is 12.3. The van der Waals surface area contributed by atoms with Crippen LogP contribution in [0, 0.1) is 0 Å². The molecule has 7 heteroatoms. The monoisotopic (exact) mass is 351 g/mol. The maximum Gasteiger partial charge on any atom is 0.276 e. The third-order valence-electron chi connectivity index (χ3n) is 4.16. The zero-order valence-electron chi connectivity index (χ0n) is 14.4. The number of guanidine groups is 1. The number of aliphatic imine (C=N–C) groups is 1. The van der Waals surface area contributed by atoms with Crippen LogP contribution in [0.2, 0.25) is 0 Å². The van der Waals surface area contributed by atoms with E-state index in [1.807, 2.05) is 49.5 Å². The number of carbonyl (C=O) groups excluding carboxylic acids is 1. The van der Waals surface area contributed by atoms with Gasteiger partial charge in [0.15, 0.2) is 11.5 Å². The first kappa shape index (κ1) is 16.0. The van der Waals surface area contributed by atoms with E-state index in [4.69, 9.17) is 14.2 Å². The molecule has 1 N–H and O–H groups in total. The van der Waals surface area contributed by atoms with Crippen molar-refractivity contribution in [3.8, 4) is 17.2 Å². The van der Waals surface area contributed by atoms with Crippen LogP contribution in [0.5, 0.6) is 17.2 Å². The third-order valence-corrected chi connectivity index (χ3v) is 4.16. The van der Waals surface area contributed by atoms with E-state index in [1.165, 1.54) is 0 Å². The van der Waals surface area contributed by atoms with E-state index in [9.17, 15) is 4.79 Å². The van der Waals surface area contributed by atoms with E-state index in [0.29, 0.717) is 23.2 Å². The molecule has 0 saturated carbocycles. The summed E-state index contributed by atoms with van der Waals surface area (Å²) in [5, 5.41) is 2.78. The molecule has 132 valence electrons. The van der Waals surface area contributed by atoms with Crippen molar-refractivity contribution in [2.45, 2.75) is 0 Å². The molecule has 0 saturated heterocycles. The number of ether oxygens (including phenoxy) is 3. The first-order valence-electron chi connectivity index (χ1n) is 8.03. The number of benzene rings is 2. The Kier molecular flexibility index (Phi) is 3.96. The first-order valence-corrected chi connectivity index (χ1v) is 8.03. The topological polar surface area (TPSA) is 72.4 Å². The molecule has 4 rings (SSSR count). The van der Waals surface area contributed by atoms with Crippen molar-refractivity contribution in [1.29, 1.82) is 0 Å². The van der Waals surface area contributed by atoms with Gasteiger partial charge in [-0.05, 0) is 48.0 Å². The van der Waals surface area contributed by atoms with Crippen LogP contribution in [0.4, 0.5) is 5.69 Å². The number of methoxy groups -OCH3 is 1. The van der Waals surface area contributed by atoms with Gasteiger partial charge in [-0.25, -0.2) is 4.99 Å². The van der Waals surface area contributed by atoms with Crippen molar-refractivity contribution in [1.82, 2.24) is 5.32 Å². The number of nitrogens with one attached hydrogen (secondary N) is 1. The maximum atomic E-state index is 12.3. The zero-order valence-corrected chi connectivity index (χ0v) is 14.4. The van der Waals surface area contributed by atoms with Crippen molar-refractivity contribution < 1.29 is 19.0 Å². The summed E-state index contributed by atoms with van der Waals surface area (Å²) in [6.45, 7) is 0.213. The molecule has 0 radical (unpaired) electrons. The lowest BCUT2D eigenvalue weighted by Gasteiger charge is -2.18. The van der Waals surface area contributed by atoms with Gasteiger partial charge >= 0.3 is 0 Å². The van der Waals surface area contributed by atoms with E-state index < -0.39 is 0 Å². The highest BCUT2D eigenvalue weighted by Gasteiger charge is 2.24. The summed E-state index contributed by atoms with van der Waals surface area (Å²) in [5.41, 5.74) is 2.03. The van der Waals surface area contributed by atoms with E-state index in [2.05, 4.69) is 10.3 Å². The van der Waals surface area contributed by atoms with Crippen LogP contribution in [0.3, 0.4) is 0 Å². The Labute approximate surface area is 150 Å². The van der Waals surface area contributed by atoms with Crippen LogP contribution in [-0.4, -0.2) is 32.8 Å². The molecule has 0 fully saturated rings. The molecule has 2 aromatic carbocycles. The number of rotatable bonds is 3. The van der Waals surface area contributed by atoms with Gasteiger partial charge in [-0.1, -0.05) is 6.07 Å². The Balaban J connectivity index is 1.58. The molecule has 2 heterocycles. The summed E-state index contributed by atoms with van der Waals surface area (Å²) in [5.74, 6) is 2.34. The van der Waals surface area contributed by atoms with E-state index >= 15 is 0 Å². The average molecular weight is 351 g/mol. The molecule has 2 aliphatic heterocycles. The molecule has 7 nitrogen and oxygen atoms in total. The second-order valence-electron chi connectivity index (χ2n) is 5.79. The highest BCUT2D eigenvalue weighted by molar-refractivity contribution is 6.18. The van der Waals surface area contributed by atoms with Crippen LogP contribution in [0.1, 0.15) is 5.56 Å². The minimum absolute atomic E-state index is 0.213. The summed E-state index contributed by atoms with van der Waals surface area (Å²) in [6.07, 6.45) is 1.71. The van der Waals surface area contributed by atoms with Crippen molar-refractivity contribution in [2.75, 3.05) is 25.9 Å². The molecule has 0 aromatic heterocycles. The van der Waals surface area contributed by atoms with Crippen molar-refractivity contribution in [2.24, 2.45) is 4.99 Å². The summed E-state index contributed by atoms with van der Waals surface area (Å²) in [7, 11) is 3.46. The molecular weight excluding hydrogens is 334 g/mol. The Morgan fingerprint density at radius 3 is 2.69 bits per heavy atom. The number of amides is 1. The second-order valence-corrected chi connectivity index (χ2v) is 5.79. The molecule has 2 aliphatic rings. The lowest BCUT2D eigenvalue weighted by atomic mass is 10.1. The van der Waals surface area contributed by atoms with Gasteiger partial charge in [0.05, 0.1) is 7.11 Å². The predicted octanol–water partition coefficient (Wildman–Crippen LogP) is 2.39. The lowest BCUT2D eigenvalue weighted by molar-refractivity contribution is -0.115. The normalized spacial score (nSPS) is 16.5. The smallest absolute Gasteiger partial charge is 0.276 e. The Hall–Kier alpha value is -3.48. The first-order chi connectivity index (χ1) is 12.6. The SMILES string of the molecule is COc1ccc(N(C)C2=N/C(=C\c3ccc4c(c3)OCO4)C(=O)N2)cc1. The molecule has 0 atom stereocenters. The number of carbonyl (C=O) groups is 1. The van der Waals surface area contributed by atoms with Crippen LogP contribution < -0.4 is 24.4 Å². The fourth-order valence-electron chi connectivity index (χ4n) is 2.70. The lowest BCUT2D eigenvalue weighted by Crippen LogP contribution is -2.37. The van der Waals surface area contributed by atoms with Crippen LogP contribution in [0.15, 0.2) is 53.2 Å². The minimum Gasteiger partial charge on any atom is -0.497 e. The molecule has 26 heavy (non-hydrogen) atoms. The van der Waals surface area contributed by atoms with Gasteiger partial charge in [0.25, 0.3) is 5.91 Å². The summed E-state index contributed by atoms with van der Waals surface area (Å²) >= 11 is 0. The summed E-state index contributed by atoms with van der Waals surface area (Å²) in [4.78, 5) is 18.5. The summed E-state index contributed by atoms with van der Waals surface area (Å²) < 4.78 is 15.8. The van der Waals surface area contributed by atoms with Crippen molar-refractivity contribution in [3.63, 3.8) is 0 Å². The second kappa shape index (κ2) is 6.44. The Morgan fingerprint density at radius 1 is 1.15 bits per heavy atom. The van der Waals surface area contributed by atoms with Gasteiger partial charge in [-0.2, -0.15) is 0 Å². The van der Waals surface area contributed by atoms with Crippen LogP contribution >= 0.6 is 0 Å². The van der Waals surface area contributed by atoms with Gasteiger partial charge in [0, 0.05) is 12.7 Å². The number of hydrogen-bond donors (Lipinski definition) is 1. The Bertz CT molecular complexity index is 919. The van der Waals surface area contributed by atoms with Gasteiger partial charge in [-0.15, -0.1) is 0 Å². The molecule has 0 aliphatic carbocycles. The van der Waals surface area contributed by atoms with E-state index in [1.54, 1.807) is 18.1 Å². The van der Waals surface area contributed by atoms with Gasteiger partial charge < -0.3 is 19.1 Å². The molecule has 0 bridgehead atoms. The van der Waals surface area contributed by atoms with Gasteiger partial charge in [-0.3, -0.25) is 10.1 Å². The molecular formula is C19H17N3O4. The quantitative estimate of drug-likeness (QED) is 0.860. The van der Waals surface area contributed by atoms with Crippen LogP contribution in [0.25, 0.3) is 6.08 Å². The van der Waals surface area contributed by atoms with Crippen LogP contribution in [-0.2, 0) is 4.79 Å². The molecule has 2 aromatic rings. The average Bonchev–Trinajstić information content (AvgIpc) is 3.28. The largest absolute Gasteiger partial charge is 0.497 e. The van der Waals surface area contributed by atoms with E-state index in [-0.39, 0.29) is 12.7 Å². The fraction of sp³-hybridized carbons (Fsp3) is 0.158. The molecule has 0 unspecified atom stereocenters. The molecule has 1 amide bonds. The number of nitrogens with zero attached hydrogens (tertiary/aromatic N) is 2.